The van der Waals surface area contributed by atoms with Crippen molar-refractivity contribution in [2.24, 2.45) is 5.41 Å². The lowest BCUT2D eigenvalue weighted by atomic mass is 9.74. The van der Waals surface area contributed by atoms with Crippen molar-refractivity contribution in [2.75, 3.05) is 10.6 Å². The Morgan fingerprint density at radius 2 is 2.04 bits per heavy atom. The molecule has 0 fully saturated rings. The molecule has 0 unspecified atom stereocenters. The van der Waals surface area contributed by atoms with Gasteiger partial charge in [0.05, 0.1) is 23.0 Å². The van der Waals surface area contributed by atoms with E-state index in [1.807, 2.05) is 17.5 Å². The Kier molecular flexibility index (Phi) is 3.88. The molecule has 1 atom stereocenters. The molecule has 0 spiro atoms. The summed E-state index contributed by atoms with van der Waals surface area (Å²) >= 11 is 1.61. The number of carboxylic acid groups (broad SMARTS) is 1. The van der Waals surface area contributed by atoms with E-state index < -0.39 is 5.97 Å². The first-order valence-corrected chi connectivity index (χ1v) is 9.42. The topological polar surface area (TPSA) is 78.4 Å². The maximum absolute atomic E-state index is 13.0. The van der Waals surface area contributed by atoms with Gasteiger partial charge in [0, 0.05) is 22.6 Å². The Bertz CT molecular complexity index is 929. The molecule has 0 amide bonds. The van der Waals surface area contributed by atoms with E-state index in [0.29, 0.717) is 12.1 Å². The Labute approximate surface area is 155 Å². The van der Waals surface area contributed by atoms with Crippen molar-refractivity contribution >= 4 is 34.5 Å². The van der Waals surface area contributed by atoms with E-state index >= 15 is 0 Å². The fraction of sp³-hybridized carbons (Fsp3) is 0.300. The van der Waals surface area contributed by atoms with E-state index in [0.717, 1.165) is 28.3 Å². The van der Waals surface area contributed by atoms with E-state index in [1.54, 1.807) is 29.5 Å². The van der Waals surface area contributed by atoms with Gasteiger partial charge in [-0.05, 0) is 41.5 Å². The zero-order valence-corrected chi connectivity index (χ0v) is 15.4. The molecule has 4 rings (SSSR count). The van der Waals surface area contributed by atoms with Crippen molar-refractivity contribution in [1.29, 1.82) is 0 Å². The van der Waals surface area contributed by atoms with Gasteiger partial charge in [0.2, 0.25) is 0 Å². The summed E-state index contributed by atoms with van der Waals surface area (Å²) in [6, 6.07) is 8.75. The molecule has 0 saturated carbocycles. The molecule has 5 nitrogen and oxygen atoms in total. The molecule has 1 aromatic heterocycles. The predicted octanol–water partition coefficient (Wildman–Crippen LogP) is 4.67. The molecular formula is C20H20N2O3S. The number of hydrogen-bond donors (Lipinski definition) is 3. The van der Waals surface area contributed by atoms with Crippen LogP contribution in [0.1, 0.15) is 48.0 Å². The summed E-state index contributed by atoms with van der Waals surface area (Å²) in [4.78, 5) is 25.4. The molecule has 2 aromatic rings. The lowest BCUT2D eigenvalue weighted by Crippen LogP contribution is -2.31. The van der Waals surface area contributed by atoms with Crippen LogP contribution in [0.3, 0.4) is 0 Å². The van der Waals surface area contributed by atoms with Crippen LogP contribution < -0.4 is 10.6 Å². The van der Waals surface area contributed by atoms with Crippen LogP contribution in [0.15, 0.2) is 47.0 Å². The van der Waals surface area contributed by atoms with Gasteiger partial charge >= 0.3 is 5.97 Å². The van der Waals surface area contributed by atoms with Crippen LogP contribution in [0, 0.1) is 5.41 Å². The molecule has 0 bridgehead atoms. The molecule has 1 aromatic carbocycles. The van der Waals surface area contributed by atoms with Crippen molar-refractivity contribution in [3.8, 4) is 0 Å². The Balaban J connectivity index is 1.88. The smallest absolute Gasteiger partial charge is 0.335 e. The third kappa shape index (κ3) is 2.90. The van der Waals surface area contributed by atoms with Crippen molar-refractivity contribution in [1.82, 2.24) is 0 Å². The van der Waals surface area contributed by atoms with Crippen molar-refractivity contribution < 1.29 is 14.7 Å². The minimum atomic E-state index is -0.970. The molecule has 6 heteroatoms. The van der Waals surface area contributed by atoms with Crippen LogP contribution >= 0.6 is 11.3 Å². The number of carboxylic acids is 1. The molecule has 1 aliphatic heterocycles. The fourth-order valence-electron chi connectivity index (χ4n) is 3.75. The Hall–Kier alpha value is -2.60. The van der Waals surface area contributed by atoms with Gasteiger partial charge in [-0.2, -0.15) is 0 Å². The number of ketones is 1. The highest BCUT2D eigenvalue weighted by atomic mass is 32.1. The monoisotopic (exact) mass is 368 g/mol. The SMILES string of the molecule is CC1(C)CC(=O)C2=C(C1)Nc1cc(C(=O)O)ccc1N[C@H]2c1cccs1. The molecule has 0 saturated heterocycles. The number of hydrogen-bond acceptors (Lipinski definition) is 5. The molecular weight excluding hydrogens is 348 g/mol. The minimum Gasteiger partial charge on any atom is -0.478 e. The summed E-state index contributed by atoms with van der Waals surface area (Å²) in [5.74, 6) is -0.830. The van der Waals surface area contributed by atoms with Crippen LogP contribution in [-0.2, 0) is 4.79 Å². The van der Waals surface area contributed by atoms with Crippen molar-refractivity contribution in [3.63, 3.8) is 0 Å². The van der Waals surface area contributed by atoms with Gasteiger partial charge in [-0.3, -0.25) is 4.79 Å². The van der Waals surface area contributed by atoms with Gasteiger partial charge in [-0.15, -0.1) is 11.3 Å². The molecule has 134 valence electrons. The van der Waals surface area contributed by atoms with E-state index in [4.69, 9.17) is 0 Å². The van der Waals surface area contributed by atoms with Crippen molar-refractivity contribution in [3.05, 3.63) is 57.4 Å². The van der Waals surface area contributed by atoms with Gasteiger partial charge in [-0.25, -0.2) is 4.79 Å². The minimum absolute atomic E-state index is 0.127. The first kappa shape index (κ1) is 16.8. The second kappa shape index (κ2) is 5.99. The summed E-state index contributed by atoms with van der Waals surface area (Å²) in [5, 5.41) is 18.1. The van der Waals surface area contributed by atoms with Crippen LogP contribution in [0.25, 0.3) is 0 Å². The summed E-state index contributed by atoms with van der Waals surface area (Å²) < 4.78 is 0. The number of carbonyl (C=O) groups excluding carboxylic acids is 1. The number of thiophene rings is 1. The highest BCUT2D eigenvalue weighted by Crippen LogP contribution is 2.46. The van der Waals surface area contributed by atoms with Gasteiger partial charge in [0.25, 0.3) is 0 Å². The van der Waals surface area contributed by atoms with E-state index in [1.165, 1.54) is 0 Å². The maximum atomic E-state index is 13.0. The number of Topliss-reactive ketones (excluding diaryl/α,β-unsaturated/α-hetero) is 1. The number of anilines is 2. The zero-order valence-electron chi connectivity index (χ0n) is 14.6. The normalized spacial score (nSPS) is 21.2. The van der Waals surface area contributed by atoms with Gasteiger partial charge in [-0.1, -0.05) is 19.9 Å². The summed E-state index contributed by atoms with van der Waals surface area (Å²) in [7, 11) is 0. The number of benzene rings is 1. The highest BCUT2D eigenvalue weighted by Gasteiger charge is 2.39. The predicted molar refractivity (Wildman–Crippen MR) is 103 cm³/mol. The fourth-order valence-corrected chi connectivity index (χ4v) is 4.53. The van der Waals surface area contributed by atoms with Crippen LogP contribution in [-0.4, -0.2) is 16.9 Å². The molecule has 1 aliphatic carbocycles. The number of carbonyl (C=O) groups is 2. The highest BCUT2D eigenvalue weighted by molar-refractivity contribution is 7.10. The van der Waals surface area contributed by atoms with Crippen molar-refractivity contribution in [2.45, 2.75) is 32.7 Å². The van der Waals surface area contributed by atoms with Gasteiger partial charge in [0.15, 0.2) is 5.78 Å². The average molecular weight is 368 g/mol. The lowest BCUT2D eigenvalue weighted by molar-refractivity contribution is -0.118. The number of aromatic carboxylic acids is 1. The molecule has 2 heterocycles. The number of rotatable bonds is 2. The lowest BCUT2D eigenvalue weighted by Gasteiger charge is -2.33. The second-order valence-electron chi connectivity index (χ2n) is 7.62. The number of fused-ring (bicyclic) bond motifs is 1. The Morgan fingerprint density at radius 3 is 2.73 bits per heavy atom. The first-order chi connectivity index (χ1) is 12.3. The standard InChI is InChI=1S/C20H20N2O3S/c1-20(2)9-14-17(15(23)10-20)18(16-4-3-7-26-16)22-12-6-5-11(19(24)25)8-13(12)21-14/h3-8,18,21-22H,9-10H2,1-2H3,(H,24,25)/t18-/m0/s1. The van der Waals surface area contributed by atoms with Crippen LogP contribution in [0.2, 0.25) is 0 Å². The average Bonchev–Trinajstić information content (AvgIpc) is 3.02. The zero-order chi connectivity index (χ0) is 18.5. The van der Waals surface area contributed by atoms with E-state index in [-0.39, 0.29) is 22.8 Å². The molecule has 26 heavy (non-hydrogen) atoms. The largest absolute Gasteiger partial charge is 0.478 e. The molecule has 3 N–H and O–H groups in total. The second-order valence-corrected chi connectivity index (χ2v) is 8.60. The van der Waals surface area contributed by atoms with E-state index in [9.17, 15) is 14.7 Å². The molecule has 0 radical (unpaired) electrons. The number of nitrogens with one attached hydrogen (secondary N) is 2. The summed E-state index contributed by atoms with van der Waals surface area (Å²) in [6.07, 6.45) is 1.25. The first-order valence-electron chi connectivity index (χ1n) is 8.55. The number of allylic oxidation sites excluding steroid dienone is 1. The van der Waals surface area contributed by atoms with Gasteiger partial charge < -0.3 is 15.7 Å². The van der Waals surface area contributed by atoms with Gasteiger partial charge in [0.1, 0.15) is 0 Å². The third-order valence-corrected chi connectivity index (χ3v) is 5.83. The van der Waals surface area contributed by atoms with Crippen LogP contribution in [0.5, 0.6) is 0 Å². The summed E-state index contributed by atoms with van der Waals surface area (Å²) in [6.45, 7) is 4.17. The third-order valence-electron chi connectivity index (χ3n) is 4.89. The summed E-state index contributed by atoms with van der Waals surface area (Å²) in [5.41, 5.74) is 3.24. The van der Waals surface area contributed by atoms with E-state index in [2.05, 4.69) is 24.5 Å². The molecule has 2 aliphatic rings. The quantitative estimate of drug-likeness (QED) is 0.718. The maximum Gasteiger partial charge on any atom is 0.335 e. The Morgan fingerprint density at radius 1 is 1.23 bits per heavy atom. The van der Waals surface area contributed by atoms with Crippen LogP contribution in [0.4, 0.5) is 11.4 Å².